The normalized spacial score (nSPS) is 21.4. The zero-order chi connectivity index (χ0) is 12.5. The number of hydrogen-bond acceptors (Lipinski definition) is 3. The Morgan fingerprint density at radius 3 is 2.71 bits per heavy atom. The Morgan fingerprint density at radius 1 is 1.35 bits per heavy atom. The van der Waals surface area contributed by atoms with Crippen LogP contribution in [0.2, 0.25) is 5.02 Å². The number of benzene rings is 1. The Kier molecular flexibility index (Phi) is 3.76. The molecule has 1 aromatic carbocycles. The lowest BCUT2D eigenvalue weighted by molar-refractivity contribution is 0.461. The van der Waals surface area contributed by atoms with E-state index < -0.39 is 9.84 Å². The van der Waals surface area contributed by atoms with Crippen molar-refractivity contribution in [3.63, 3.8) is 0 Å². The largest absolute Gasteiger partial charge is 0.316 e. The average molecular weight is 274 g/mol. The van der Waals surface area contributed by atoms with Crippen LogP contribution in [0, 0.1) is 0 Å². The van der Waals surface area contributed by atoms with Crippen LogP contribution in [0.4, 0.5) is 0 Å². The molecule has 1 aliphatic rings. The van der Waals surface area contributed by atoms with Gasteiger partial charge in [-0.15, -0.1) is 0 Å². The van der Waals surface area contributed by atoms with Crippen molar-refractivity contribution in [2.24, 2.45) is 0 Å². The van der Waals surface area contributed by atoms with Gasteiger partial charge in [-0.25, -0.2) is 8.42 Å². The number of halogens is 1. The van der Waals surface area contributed by atoms with Crippen LogP contribution < -0.4 is 5.32 Å². The lowest BCUT2D eigenvalue weighted by atomic mass is 9.92. The molecule has 1 fully saturated rings. The summed E-state index contributed by atoms with van der Waals surface area (Å²) < 4.78 is 23.1. The molecule has 0 aliphatic carbocycles. The third kappa shape index (κ3) is 3.21. The molecule has 0 saturated carbocycles. The van der Waals surface area contributed by atoms with Crippen molar-refractivity contribution in [2.75, 3.05) is 19.3 Å². The molecule has 0 bridgehead atoms. The van der Waals surface area contributed by atoms with Crippen molar-refractivity contribution in [2.45, 2.75) is 23.7 Å². The summed E-state index contributed by atoms with van der Waals surface area (Å²) in [6.45, 7) is 1.93. The molecule has 2 rings (SSSR count). The minimum atomic E-state index is -3.19. The van der Waals surface area contributed by atoms with Crippen LogP contribution in [0.5, 0.6) is 0 Å². The maximum atomic E-state index is 11.5. The van der Waals surface area contributed by atoms with Gasteiger partial charge in [0.1, 0.15) is 0 Å². The van der Waals surface area contributed by atoms with Crippen molar-refractivity contribution in [3.8, 4) is 0 Å². The van der Waals surface area contributed by atoms with E-state index in [0.29, 0.717) is 15.8 Å². The first-order chi connectivity index (χ1) is 7.97. The van der Waals surface area contributed by atoms with Crippen LogP contribution in [0.3, 0.4) is 0 Å². The van der Waals surface area contributed by atoms with E-state index in [0.717, 1.165) is 31.5 Å². The molecule has 0 aromatic heterocycles. The van der Waals surface area contributed by atoms with E-state index in [-0.39, 0.29) is 0 Å². The summed E-state index contributed by atoms with van der Waals surface area (Å²) in [5, 5.41) is 3.81. The molecular weight excluding hydrogens is 258 g/mol. The highest BCUT2D eigenvalue weighted by atomic mass is 35.5. The summed E-state index contributed by atoms with van der Waals surface area (Å²) in [4.78, 5) is 0.311. The van der Waals surface area contributed by atoms with Crippen molar-refractivity contribution >= 4 is 21.4 Å². The SMILES string of the molecule is CS(=O)(=O)c1cc(Cl)cc(C2CCCNC2)c1. The van der Waals surface area contributed by atoms with Crippen molar-refractivity contribution in [1.29, 1.82) is 0 Å². The highest BCUT2D eigenvalue weighted by Gasteiger charge is 2.18. The van der Waals surface area contributed by atoms with Gasteiger partial charge in [0, 0.05) is 17.8 Å². The van der Waals surface area contributed by atoms with Crippen LogP contribution in [-0.2, 0) is 9.84 Å². The monoisotopic (exact) mass is 273 g/mol. The molecular formula is C12H16ClNO2S. The average Bonchev–Trinajstić information content (AvgIpc) is 2.28. The van der Waals surface area contributed by atoms with Crippen LogP contribution in [0.15, 0.2) is 23.1 Å². The first kappa shape index (κ1) is 12.9. The quantitative estimate of drug-likeness (QED) is 0.899. The molecule has 1 aromatic rings. The van der Waals surface area contributed by atoms with E-state index in [1.54, 1.807) is 6.07 Å². The van der Waals surface area contributed by atoms with Gasteiger partial charge < -0.3 is 5.32 Å². The fourth-order valence-electron chi connectivity index (χ4n) is 2.17. The summed E-state index contributed by atoms with van der Waals surface area (Å²) in [7, 11) is -3.19. The Bertz CT molecular complexity index is 507. The summed E-state index contributed by atoms with van der Waals surface area (Å²) >= 11 is 5.99. The summed E-state index contributed by atoms with van der Waals surface area (Å²) in [6.07, 6.45) is 3.41. The molecule has 3 nitrogen and oxygen atoms in total. The zero-order valence-corrected chi connectivity index (χ0v) is 11.3. The first-order valence-corrected chi connectivity index (χ1v) is 7.95. The van der Waals surface area contributed by atoms with Gasteiger partial charge in [-0.3, -0.25) is 0 Å². The minimum Gasteiger partial charge on any atom is -0.316 e. The highest BCUT2D eigenvalue weighted by Crippen LogP contribution is 2.28. The summed E-state index contributed by atoms with van der Waals surface area (Å²) in [6, 6.07) is 5.13. The van der Waals surface area contributed by atoms with Crippen LogP contribution in [0.1, 0.15) is 24.3 Å². The van der Waals surface area contributed by atoms with Gasteiger partial charge in [0.15, 0.2) is 9.84 Å². The van der Waals surface area contributed by atoms with E-state index in [1.807, 2.05) is 6.07 Å². The fraction of sp³-hybridized carbons (Fsp3) is 0.500. The summed E-state index contributed by atoms with van der Waals surface area (Å²) in [5.41, 5.74) is 1.02. The molecule has 17 heavy (non-hydrogen) atoms. The van der Waals surface area contributed by atoms with E-state index in [9.17, 15) is 8.42 Å². The Balaban J connectivity index is 2.37. The van der Waals surface area contributed by atoms with Gasteiger partial charge >= 0.3 is 0 Å². The van der Waals surface area contributed by atoms with E-state index in [2.05, 4.69) is 5.32 Å². The van der Waals surface area contributed by atoms with Crippen LogP contribution in [0.25, 0.3) is 0 Å². The lowest BCUT2D eigenvalue weighted by Gasteiger charge is -2.23. The Labute approximate surface area is 107 Å². The second-order valence-electron chi connectivity index (χ2n) is 4.54. The van der Waals surface area contributed by atoms with Crippen molar-refractivity contribution in [1.82, 2.24) is 5.32 Å². The third-order valence-corrected chi connectivity index (χ3v) is 4.40. The van der Waals surface area contributed by atoms with Gasteiger partial charge in [0.25, 0.3) is 0 Å². The maximum absolute atomic E-state index is 11.5. The number of rotatable bonds is 2. The number of piperidine rings is 1. The lowest BCUT2D eigenvalue weighted by Crippen LogP contribution is -2.28. The van der Waals surface area contributed by atoms with Gasteiger partial charge in [-0.05, 0) is 49.1 Å². The van der Waals surface area contributed by atoms with Gasteiger partial charge in [0.2, 0.25) is 0 Å². The zero-order valence-electron chi connectivity index (χ0n) is 9.74. The highest BCUT2D eigenvalue weighted by molar-refractivity contribution is 7.90. The molecule has 1 unspecified atom stereocenters. The molecule has 1 N–H and O–H groups in total. The van der Waals surface area contributed by atoms with E-state index in [1.165, 1.54) is 12.3 Å². The molecule has 94 valence electrons. The smallest absolute Gasteiger partial charge is 0.175 e. The van der Waals surface area contributed by atoms with Gasteiger partial charge in [-0.2, -0.15) is 0 Å². The third-order valence-electron chi connectivity index (χ3n) is 3.09. The van der Waals surface area contributed by atoms with Crippen molar-refractivity contribution < 1.29 is 8.42 Å². The topological polar surface area (TPSA) is 46.2 Å². The molecule has 0 spiro atoms. The second-order valence-corrected chi connectivity index (χ2v) is 6.99. The van der Waals surface area contributed by atoms with Crippen LogP contribution >= 0.6 is 11.6 Å². The first-order valence-electron chi connectivity index (χ1n) is 5.68. The van der Waals surface area contributed by atoms with E-state index >= 15 is 0 Å². The van der Waals surface area contributed by atoms with Crippen molar-refractivity contribution in [3.05, 3.63) is 28.8 Å². The predicted molar refractivity (Wildman–Crippen MR) is 69.4 cm³/mol. The molecule has 1 aliphatic heterocycles. The number of nitrogens with one attached hydrogen (secondary N) is 1. The van der Waals surface area contributed by atoms with E-state index in [4.69, 9.17) is 11.6 Å². The minimum absolute atomic E-state index is 0.311. The predicted octanol–water partition coefficient (Wildman–Crippen LogP) is 2.21. The molecule has 1 saturated heterocycles. The Morgan fingerprint density at radius 2 is 2.12 bits per heavy atom. The molecule has 0 amide bonds. The van der Waals surface area contributed by atoms with Gasteiger partial charge in [-0.1, -0.05) is 11.6 Å². The van der Waals surface area contributed by atoms with Crippen LogP contribution in [-0.4, -0.2) is 27.8 Å². The standard InChI is InChI=1S/C12H16ClNO2S/c1-17(15,16)12-6-10(5-11(13)7-12)9-3-2-4-14-8-9/h5-7,9,14H,2-4,8H2,1H3. The number of sulfone groups is 1. The van der Waals surface area contributed by atoms with Gasteiger partial charge in [0.05, 0.1) is 4.90 Å². The Hall–Kier alpha value is -0.580. The number of hydrogen-bond donors (Lipinski definition) is 1. The molecule has 1 heterocycles. The molecule has 0 radical (unpaired) electrons. The summed E-state index contributed by atoms with van der Waals surface area (Å²) in [5.74, 6) is 0.364. The second kappa shape index (κ2) is 4.96. The molecule has 1 atom stereocenters. The maximum Gasteiger partial charge on any atom is 0.175 e. The molecule has 5 heteroatoms. The fourth-order valence-corrected chi connectivity index (χ4v) is 3.17.